The van der Waals surface area contributed by atoms with E-state index in [9.17, 15) is 21.6 Å². The van der Waals surface area contributed by atoms with Gasteiger partial charge in [0.25, 0.3) is 0 Å². The first-order chi connectivity index (χ1) is 8.57. The van der Waals surface area contributed by atoms with Crippen molar-refractivity contribution < 1.29 is 21.6 Å². The highest BCUT2D eigenvalue weighted by atomic mass is 35.5. The lowest BCUT2D eigenvalue weighted by molar-refractivity contribution is -0.160. The van der Waals surface area contributed by atoms with Crippen LogP contribution in [0.1, 0.15) is 12.8 Å². The molecule has 9 heteroatoms. The van der Waals surface area contributed by atoms with Crippen LogP contribution in [0.4, 0.5) is 18.9 Å². The molecule has 0 radical (unpaired) electrons. The van der Waals surface area contributed by atoms with Gasteiger partial charge in [0.05, 0.1) is 5.69 Å². The van der Waals surface area contributed by atoms with Crippen LogP contribution in [0.5, 0.6) is 0 Å². The van der Waals surface area contributed by atoms with Crippen LogP contribution < -0.4 is 10.5 Å². The maximum absolute atomic E-state index is 12.7. The molecule has 1 aliphatic carbocycles. The molecule has 0 aliphatic heterocycles. The average molecular weight is 315 g/mol. The molecular weight excluding hydrogens is 305 g/mol. The molecular formula is C10H10ClF3N2O2S. The van der Waals surface area contributed by atoms with Gasteiger partial charge in [0, 0.05) is 5.02 Å². The Hall–Kier alpha value is -0.990. The second kappa shape index (κ2) is 4.26. The predicted molar refractivity (Wildman–Crippen MR) is 64.2 cm³/mol. The van der Waals surface area contributed by atoms with Crippen molar-refractivity contribution >= 4 is 27.3 Å². The summed E-state index contributed by atoms with van der Waals surface area (Å²) in [6.07, 6.45) is -5.17. The molecule has 0 heterocycles. The van der Waals surface area contributed by atoms with Crippen LogP contribution in [0.25, 0.3) is 0 Å². The third-order valence-electron chi connectivity index (χ3n) is 2.88. The van der Waals surface area contributed by atoms with Crippen LogP contribution in [0.15, 0.2) is 23.1 Å². The minimum atomic E-state index is -4.62. The second-order valence-corrected chi connectivity index (χ2v) is 6.45. The molecule has 1 saturated carbocycles. The number of nitrogen functional groups attached to an aromatic ring is 1. The average Bonchev–Trinajstić information content (AvgIpc) is 2.96. The van der Waals surface area contributed by atoms with E-state index < -0.39 is 26.6 Å². The highest BCUT2D eigenvalue weighted by molar-refractivity contribution is 7.89. The third kappa shape index (κ3) is 2.65. The van der Waals surface area contributed by atoms with Gasteiger partial charge in [-0.15, -0.1) is 0 Å². The number of nitrogens with two attached hydrogens (primary N) is 1. The van der Waals surface area contributed by atoms with Crippen LogP contribution in [0.2, 0.25) is 5.02 Å². The Morgan fingerprint density at radius 3 is 2.32 bits per heavy atom. The standard InChI is InChI=1S/C10H10ClF3N2O2S/c11-6-1-2-8(7(15)5-6)19(17,18)16-9(3-4-9)10(12,13)14/h1-2,5,16H,3-4,15H2. The van der Waals surface area contributed by atoms with E-state index in [-0.39, 0.29) is 23.6 Å². The van der Waals surface area contributed by atoms with E-state index in [0.717, 1.165) is 6.07 Å². The first-order valence-corrected chi connectivity index (χ1v) is 7.09. The van der Waals surface area contributed by atoms with Crippen LogP contribution in [-0.2, 0) is 10.0 Å². The van der Waals surface area contributed by atoms with E-state index in [1.54, 1.807) is 4.72 Å². The van der Waals surface area contributed by atoms with E-state index in [4.69, 9.17) is 17.3 Å². The van der Waals surface area contributed by atoms with E-state index in [2.05, 4.69) is 0 Å². The van der Waals surface area contributed by atoms with Crippen LogP contribution in [0.3, 0.4) is 0 Å². The zero-order valence-corrected chi connectivity index (χ0v) is 11.0. The number of hydrogen-bond acceptors (Lipinski definition) is 3. The molecule has 1 fully saturated rings. The predicted octanol–water partition coefficient (Wildman–Crippen LogP) is 2.30. The molecule has 0 aromatic heterocycles. The Labute approximate surface area is 112 Å². The summed E-state index contributed by atoms with van der Waals surface area (Å²) in [5.74, 6) is 0. The summed E-state index contributed by atoms with van der Waals surface area (Å²) < 4.78 is 63.7. The Balaban J connectivity index is 2.34. The van der Waals surface area contributed by atoms with Gasteiger partial charge in [0.2, 0.25) is 10.0 Å². The lowest BCUT2D eigenvalue weighted by atomic mass is 10.3. The van der Waals surface area contributed by atoms with Gasteiger partial charge in [-0.1, -0.05) is 11.6 Å². The highest BCUT2D eigenvalue weighted by Crippen LogP contribution is 2.49. The molecule has 3 N–H and O–H groups in total. The molecule has 0 atom stereocenters. The van der Waals surface area contributed by atoms with Crippen LogP contribution in [0, 0.1) is 0 Å². The maximum Gasteiger partial charge on any atom is 0.407 e. The largest absolute Gasteiger partial charge is 0.407 e. The molecule has 0 saturated heterocycles. The quantitative estimate of drug-likeness (QED) is 0.841. The first-order valence-electron chi connectivity index (χ1n) is 5.23. The van der Waals surface area contributed by atoms with Crippen molar-refractivity contribution in [3.63, 3.8) is 0 Å². The Bertz CT molecular complexity index is 612. The van der Waals surface area contributed by atoms with Gasteiger partial charge in [-0.2, -0.15) is 17.9 Å². The third-order valence-corrected chi connectivity index (χ3v) is 4.73. The van der Waals surface area contributed by atoms with Crippen molar-refractivity contribution in [1.29, 1.82) is 0 Å². The fourth-order valence-corrected chi connectivity index (χ4v) is 3.39. The van der Waals surface area contributed by atoms with E-state index in [1.807, 2.05) is 0 Å². The molecule has 1 aliphatic rings. The van der Waals surface area contributed by atoms with Crippen LogP contribution >= 0.6 is 11.6 Å². The van der Waals surface area contributed by atoms with Gasteiger partial charge in [0.1, 0.15) is 10.4 Å². The molecule has 0 amide bonds. The van der Waals surface area contributed by atoms with E-state index >= 15 is 0 Å². The van der Waals surface area contributed by atoms with Crippen molar-refractivity contribution in [3.8, 4) is 0 Å². The molecule has 0 unspecified atom stereocenters. The molecule has 106 valence electrons. The summed E-state index contributed by atoms with van der Waals surface area (Å²) in [6.45, 7) is 0. The summed E-state index contributed by atoms with van der Waals surface area (Å²) in [7, 11) is -4.34. The Morgan fingerprint density at radius 1 is 1.32 bits per heavy atom. The van der Waals surface area contributed by atoms with Gasteiger partial charge in [-0.3, -0.25) is 0 Å². The van der Waals surface area contributed by atoms with E-state index in [1.165, 1.54) is 12.1 Å². The summed E-state index contributed by atoms with van der Waals surface area (Å²) in [4.78, 5) is -0.410. The van der Waals surface area contributed by atoms with Crippen molar-refractivity contribution in [2.24, 2.45) is 0 Å². The molecule has 1 aromatic carbocycles. The number of nitrogens with one attached hydrogen (secondary N) is 1. The summed E-state index contributed by atoms with van der Waals surface area (Å²) in [5, 5.41) is 0.202. The van der Waals surface area contributed by atoms with Crippen molar-refractivity contribution in [3.05, 3.63) is 23.2 Å². The summed E-state index contributed by atoms with van der Waals surface area (Å²) in [6, 6.07) is 3.50. The minimum Gasteiger partial charge on any atom is -0.398 e. The second-order valence-electron chi connectivity index (χ2n) is 4.37. The highest BCUT2D eigenvalue weighted by Gasteiger charge is 2.65. The first kappa shape index (κ1) is 14.4. The number of halogens is 4. The molecule has 0 spiro atoms. The Kier molecular flexibility index (Phi) is 3.23. The lowest BCUT2D eigenvalue weighted by Gasteiger charge is -2.21. The maximum atomic E-state index is 12.7. The number of sulfonamides is 1. The van der Waals surface area contributed by atoms with Crippen molar-refractivity contribution in [2.75, 3.05) is 5.73 Å². The molecule has 19 heavy (non-hydrogen) atoms. The topological polar surface area (TPSA) is 72.2 Å². The molecule has 1 aromatic rings. The zero-order chi connectivity index (χ0) is 14.5. The zero-order valence-electron chi connectivity index (χ0n) is 9.46. The summed E-state index contributed by atoms with van der Waals surface area (Å²) >= 11 is 5.61. The van der Waals surface area contributed by atoms with Gasteiger partial charge >= 0.3 is 6.18 Å². The van der Waals surface area contributed by atoms with Gasteiger partial charge in [-0.25, -0.2) is 8.42 Å². The lowest BCUT2D eigenvalue weighted by Crippen LogP contribution is -2.47. The monoisotopic (exact) mass is 314 g/mol. The number of hydrogen-bond donors (Lipinski definition) is 2. The smallest absolute Gasteiger partial charge is 0.398 e. The van der Waals surface area contributed by atoms with Crippen molar-refractivity contribution in [1.82, 2.24) is 4.72 Å². The molecule has 4 nitrogen and oxygen atoms in total. The Morgan fingerprint density at radius 2 is 1.89 bits per heavy atom. The van der Waals surface area contributed by atoms with E-state index in [0.29, 0.717) is 0 Å². The summed E-state index contributed by atoms with van der Waals surface area (Å²) in [5.41, 5.74) is 2.91. The van der Waals surface area contributed by atoms with Gasteiger partial charge < -0.3 is 5.73 Å². The van der Waals surface area contributed by atoms with Crippen molar-refractivity contribution in [2.45, 2.75) is 29.5 Å². The fourth-order valence-electron chi connectivity index (χ4n) is 1.64. The number of anilines is 1. The molecule has 2 rings (SSSR count). The number of benzene rings is 1. The SMILES string of the molecule is Nc1cc(Cl)ccc1S(=O)(=O)NC1(C(F)(F)F)CC1. The molecule has 0 bridgehead atoms. The van der Waals surface area contributed by atoms with Gasteiger partial charge in [0.15, 0.2) is 0 Å². The number of rotatable bonds is 3. The van der Waals surface area contributed by atoms with Gasteiger partial charge in [-0.05, 0) is 31.0 Å². The fraction of sp³-hybridized carbons (Fsp3) is 0.400. The van der Waals surface area contributed by atoms with Crippen LogP contribution in [-0.4, -0.2) is 20.1 Å². The minimum absolute atomic E-state index is 0.196. The normalized spacial score (nSPS) is 18.3. The number of alkyl halides is 3.